The highest BCUT2D eigenvalue weighted by atomic mass is 35.5. The van der Waals surface area contributed by atoms with E-state index in [0.29, 0.717) is 11.6 Å². The monoisotopic (exact) mass is 330 g/mol. The highest BCUT2D eigenvalue weighted by molar-refractivity contribution is 6.30. The van der Waals surface area contributed by atoms with Crippen molar-refractivity contribution < 1.29 is 9.53 Å². The van der Waals surface area contributed by atoms with Crippen molar-refractivity contribution in [3.63, 3.8) is 0 Å². The van der Waals surface area contributed by atoms with E-state index >= 15 is 0 Å². The molecular formula is C18H19ClN2O2. The lowest BCUT2D eigenvalue weighted by atomic mass is 10.1. The van der Waals surface area contributed by atoms with Gasteiger partial charge in [-0.2, -0.15) is 5.10 Å². The van der Waals surface area contributed by atoms with Crippen LogP contribution in [0.5, 0.6) is 5.75 Å². The lowest BCUT2D eigenvalue weighted by Gasteiger charge is -2.05. The standard InChI is InChI=1S/C18H19ClN2O2/c1-3-23-17-10-6-15(7-11-17)13(2)20-21-18(22)12-14-4-8-16(19)9-5-14/h4-11H,3,12H2,1-2H3,(H,21,22)/b20-13+. The van der Waals surface area contributed by atoms with E-state index in [-0.39, 0.29) is 12.3 Å². The Morgan fingerprint density at radius 2 is 1.78 bits per heavy atom. The Labute approximate surface area is 141 Å². The average molecular weight is 331 g/mol. The van der Waals surface area contributed by atoms with Gasteiger partial charge in [0.05, 0.1) is 18.7 Å². The molecule has 0 spiro atoms. The molecule has 0 aliphatic rings. The van der Waals surface area contributed by atoms with Gasteiger partial charge in [-0.05, 0) is 61.4 Å². The number of halogens is 1. The fourth-order valence-corrected chi connectivity index (χ4v) is 2.12. The van der Waals surface area contributed by atoms with Crippen LogP contribution in [0.2, 0.25) is 5.02 Å². The summed E-state index contributed by atoms with van der Waals surface area (Å²) in [6, 6.07) is 14.8. The molecule has 23 heavy (non-hydrogen) atoms. The average Bonchev–Trinajstić information content (AvgIpc) is 2.56. The highest BCUT2D eigenvalue weighted by Crippen LogP contribution is 2.13. The van der Waals surface area contributed by atoms with Gasteiger partial charge < -0.3 is 4.74 Å². The molecule has 120 valence electrons. The first kappa shape index (κ1) is 17.0. The smallest absolute Gasteiger partial charge is 0.244 e. The van der Waals surface area contributed by atoms with Crippen LogP contribution in [0.3, 0.4) is 0 Å². The van der Waals surface area contributed by atoms with Crippen molar-refractivity contribution in [2.45, 2.75) is 20.3 Å². The Morgan fingerprint density at radius 1 is 1.13 bits per heavy atom. The zero-order valence-corrected chi connectivity index (χ0v) is 13.9. The van der Waals surface area contributed by atoms with Gasteiger partial charge in [0.15, 0.2) is 0 Å². The number of rotatable bonds is 6. The maximum atomic E-state index is 11.9. The SMILES string of the molecule is CCOc1ccc(/C(C)=N/NC(=O)Cc2ccc(Cl)cc2)cc1. The minimum Gasteiger partial charge on any atom is -0.494 e. The third-order valence-corrected chi connectivity index (χ3v) is 3.46. The number of ether oxygens (including phenoxy) is 1. The molecule has 0 saturated carbocycles. The van der Waals surface area contributed by atoms with Gasteiger partial charge in [0, 0.05) is 5.02 Å². The number of benzene rings is 2. The fourth-order valence-electron chi connectivity index (χ4n) is 2.00. The Balaban J connectivity index is 1.92. The Hall–Kier alpha value is -2.33. The van der Waals surface area contributed by atoms with E-state index in [1.54, 1.807) is 12.1 Å². The number of carbonyl (C=O) groups is 1. The molecular weight excluding hydrogens is 312 g/mol. The van der Waals surface area contributed by atoms with Crippen LogP contribution in [-0.4, -0.2) is 18.2 Å². The Bertz CT molecular complexity index is 679. The summed E-state index contributed by atoms with van der Waals surface area (Å²) in [6.45, 7) is 4.42. The van der Waals surface area contributed by atoms with Crippen LogP contribution in [0.1, 0.15) is 25.0 Å². The summed E-state index contributed by atoms with van der Waals surface area (Å²) in [5.41, 5.74) is 5.12. The van der Waals surface area contributed by atoms with Crippen molar-refractivity contribution >= 4 is 23.2 Å². The van der Waals surface area contributed by atoms with Crippen LogP contribution in [0.15, 0.2) is 53.6 Å². The molecule has 0 aromatic heterocycles. The van der Waals surface area contributed by atoms with Crippen molar-refractivity contribution in [3.05, 3.63) is 64.7 Å². The van der Waals surface area contributed by atoms with Gasteiger partial charge in [-0.3, -0.25) is 4.79 Å². The maximum absolute atomic E-state index is 11.9. The molecule has 0 atom stereocenters. The number of hydrogen-bond acceptors (Lipinski definition) is 3. The second-order valence-electron chi connectivity index (χ2n) is 4.99. The van der Waals surface area contributed by atoms with Gasteiger partial charge in [0.2, 0.25) is 5.91 Å². The van der Waals surface area contributed by atoms with Crippen molar-refractivity contribution in [2.75, 3.05) is 6.61 Å². The molecule has 0 unspecified atom stereocenters. The zero-order valence-electron chi connectivity index (χ0n) is 13.2. The number of amides is 1. The molecule has 0 heterocycles. The van der Waals surface area contributed by atoms with Crippen molar-refractivity contribution in [1.82, 2.24) is 5.43 Å². The highest BCUT2D eigenvalue weighted by Gasteiger charge is 2.04. The Morgan fingerprint density at radius 3 is 2.39 bits per heavy atom. The predicted octanol–water partition coefficient (Wildman–Crippen LogP) is 3.82. The Kier molecular flexibility index (Phi) is 6.18. The largest absolute Gasteiger partial charge is 0.494 e. The topological polar surface area (TPSA) is 50.7 Å². The fraction of sp³-hybridized carbons (Fsp3) is 0.222. The lowest BCUT2D eigenvalue weighted by molar-refractivity contribution is -0.120. The number of nitrogens with one attached hydrogen (secondary N) is 1. The minimum absolute atomic E-state index is 0.169. The van der Waals surface area contributed by atoms with E-state index in [2.05, 4.69) is 10.5 Å². The summed E-state index contributed by atoms with van der Waals surface area (Å²) in [6.07, 6.45) is 0.261. The second kappa shape index (κ2) is 8.34. The van der Waals surface area contributed by atoms with Gasteiger partial charge in [-0.1, -0.05) is 23.7 Å². The van der Waals surface area contributed by atoms with E-state index in [1.807, 2.05) is 50.2 Å². The van der Waals surface area contributed by atoms with E-state index < -0.39 is 0 Å². The molecule has 1 amide bonds. The number of hydrogen-bond donors (Lipinski definition) is 1. The molecule has 0 bridgehead atoms. The molecule has 4 nitrogen and oxygen atoms in total. The van der Waals surface area contributed by atoms with E-state index in [4.69, 9.17) is 16.3 Å². The first-order valence-electron chi connectivity index (χ1n) is 7.39. The summed E-state index contributed by atoms with van der Waals surface area (Å²) in [7, 11) is 0. The van der Waals surface area contributed by atoms with Gasteiger partial charge in [0.1, 0.15) is 5.75 Å². The van der Waals surface area contributed by atoms with E-state index in [1.165, 1.54) is 0 Å². The van der Waals surface area contributed by atoms with Crippen LogP contribution in [0.4, 0.5) is 0 Å². The third kappa shape index (κ3) is 5.42. The molecule has 2 rings (SSSR count). The summed E-state index contributed by atoms with van der Waals surface area (Å²) < 4.78 is 5.39. The summed E-state index contributed by atoms with van der Waals surface area (Å²) >= 11 is 5.82. The van der Waals surface area contributed by atoms with Crippen molar-refractivity contribution in [1.29, 1.82) is 0 Å². The zero-order chi connectivity index (χ0) is 16.7. The van der Waals surface area contributed by atoms with Crippen molar-refractivity contribution in [3.8, 4) is 5.75 Å². The van der Waals surface area contributed by atoms with Crippen LogP contribution in [0, 0.1) is 0 Å². The normalized spacial score (nSPS) is 11.2. The molecule has 0 aliphatic carbocycles. The summed E-state index contributed by atoms with van der Waals surface area (Å²) in [5, 5.41) is 4.79. The molecule has 2 aromatic carbocycles. The first-order chi connectivity index (χ1) is 11.1. The molecule has 1 N–H and O–H groups in total. The van der Waals surface area contributed by atoms with E-state index in [9.17, 15) is 4.79 Å². The molecule has 5 heteroatoms. The first-order valence-corrected chi connectivity index (χ1v) is 7.77. The van der Waals surface area contributed by atoms with Gasteiger partial charge in [-0.15, -0.1) is 0 Å². The molecule has 0 radical (unpaired) electrons. The second-order valence-corrected chi connectivity index (χ2v) is 5.43. The third-order valence-electron chi connectivity index (χ3n) is 3.21. The van der Waals surface area contributed by atoms with Crippen molar-refractivity contribution in [2.24, 2.45) is 5.10 Å². The molecule has 0 aliphatic heterocycles. The molecule has 0 fully saturated rings. The summed E-state index contributed by atoms with van der Waals surface area (Å²) in [5.74, 6) is 0.647. The summed E-state index contributed by atoms with van der Waals surface area (Å²) in [4.78, 5) is 11.9. The minimum atomic E-state index is -0.169. The number of hydrazone groups is 1. The van der Waals surface area contributed by atoms with Crippen LogP contribution < -0.4 is 10.2 Å². The van der Waals surface area contributed by atoms with Gasteiger partial charge in [-0.25, -0.2) is 5.43 Å². The van der Waals surface area contributed by atoms with E-state index in [0.717, 1.165) is 22.6 Å². The molecule has 0 saturated heterocycles. The molecule has 2 aromatic rings. The number of carbonyl (C=O) groups excluding carboxylic acids is 1. The van der Waals surface area contributed by atoms with Crippen LogP contribution in [0.25, 0.3) is 0 Å². The van der Waals surface area contributed by atoms with Crippen LogP contribution in [-0.2, 0) is 11.2 Å². The van der Waals surface area contributed by atoms with Crippen LogP contribution >= 0.6 is 11.6 Å². The van der Waals surface area contributed by atoms with Gasteiger partial charge in [0.25, 0.3) is 0 Å². The van der Waals surface area contributed by atoms with Gasteiger partial charge >= 0.3 is 0 Å². The lowest BCUT2D eigenvalue weighted by Crippen LogP contribution is -2.21. The number of nitrogens with zero attached hydrogens (tertiary/aromatic N) is 1. The quantitative estimate of drug-likeness (QED) is 0.646. The predicted molar refractivity (Wildman–Crippen MR) is 93.1 cm³/mol. The maximum Gasteiger partial charge on any atom is 0.244 e.